The lowest BCUT2D eigenvalue weighted by atomic mass is 10.1. The average molecular weight is 293 g/mol. The van der Waals surface area contributed by atoms with Crippen LogP contribution in [0.3, 0.4) is 0 Å². The molecule has 0 fully saturated rings. The van der Waals surface area contributed by atoms with Gasteiger partial charge in [0.2, 0.25) is 0 Å². The Labute approximate surface area is 123 Å². The van der Waals surface area contributed by atoms with Crippen molar-refractivity contribution in [2.75, 3.05) is 0 Å². The molecular weight excluding hydrogens is 273 g/mol. The highest BCUT2D eigenvalue weighted by atomic mass is 19.1. The number of ether oxygens (including phenoxy) is 2. The van der Waals surface area contributed by atoms with Gasteiger partial charge in [0.15, 0.2) is 11.6 Å². The molecule has 0 radical (unpaired) electrons. The highest BCUT2D eigenvalue weighted by Crippen LogP contribution is 2.29. The van der Waals surface area contributed by atoms with Crippen molar-refractivity contribution in [3.8, 4) is 5.75 Å². The number of fused-ring (bicyclic) bond motifs is 1. The van der Waals surface area contributed by atoms with Gasteiger partial charge in [-0.3, -0.25) is 4.57 Å². The van der Waals surface area contributed by atoms with Gasteiger partial charge in [0.05, 0.1) is 11.6 Å². The first kappa shape index (κ1) is 15.4. The first-order chi connectivity index (χ1) is 9.69. The number of rotatable bonds is 2. The van der Waals surface area contributed by atoms with E-state index in [1.807, 2.05) is 20.8 Å². The normalized spacial score (nSPS) is 12.0. The summed E-state index contributed by atoms with van der Waals surface area (Å²) in [5.41, 5.74) is -0.0346. The lowest BCUT2D eigenvalue weighted by molar-refractivity contribution is 0.118. The van der Waals surface area contributed by atoms with Crippen molar-refractivity contribution in [1.82, 2.24) is 4.57 Å². The summed E-state index contributed by atoms with van der Waals surface area (Å²) in [5, 5.41) is 0.331. The first-order valence-corrected chi connectivity index (χ1v) is 6.88. The van der Waals surface area contributed by atoms with Crippen LogP contribution in [0.25, 0.3) is 10.9 Å². The van der Waals surface area contributed by atoms with Crippen molar-refractivity contribution in [3.63, 3.8) is 0 Å². The van der Waals surface area contributed by atoms with E-state index >= 15 is 0 Å². The molecule has 0 saturated heterocycles. The molecule has 4 nitrogen and oxygen atoms in total. The Hall–Kier alpha value is -2.04. The van der Waals surface area contributed by atoms with Crippen LogP contribution < -0.4 is 4.74 Å². The van der Waals surface area contributed by atoms with E-state index in [4.69, 9.17) is 9.47 Å². The van der Waals surface area contributed by atoms with Crippen LogP contribution in [0.4, 0.5) is 9.18 Å². The summed E-state index contributed by atoms with van der Waals surface area (Å²) < 4.78 is 26.4. The van der Waals surface area contributed by atoms with Gasteiger partial charge in [-0.1, -0.05) is 0 Å². The summed E-state index contributed by atoms with van der Waals surface area (Å²) in [6, 6.07) is 4.73. The Balaban J connectivity index is 2.43. The Morgan fingerprint density at radius 1 is 1.24 bits per heavy atom. The Morgan fingerprint density at radius 3 is 2.48 bits per heavy atom. The molecule has 5 heteroatoms. The van der Waals surface area contributed by atoms with E-state index in [1.54, 1.807) is 26.0 Å². The molecule has 0 N–H and O–H groups in total. The molecule has 0 aliphatic carbocycles. The largest absolute Gasteiger partial charge is 0.485 e. The van der Waals surface area contributed by atoms with E-state index in [2.05, 4.69) is 0 Å². The summed E-state index contributed by atoms with van der Waals surface area (Å²) in [6.07, 6.45) is 0.742. The quantitative estimate of drug-likeness (QED) is 0.826. The van der Waals surface area contributed by atoms with Gasteiger partial charge in [-0.15, -0.1) is 0 Å². The van der Waals surface area contributed by atoms with Crippen LogP contribution >= 0.6 is 0 Å². The standard InChI is InChI=1S/C16H20FNO3/c1-10(2)20-15(19)18-9-8-11-12(18)6-7-13(14(11)17)21-16(3,4)5/h6-10H,1-5H3. The van der Waals surface area contributed by atoms with Gasteiger partial charge in [0.1, 0.15) is 5.60 Å². The number of carbonyl (C=O) groups excluding carboxylic acids is 1. The minimum atomic E-state index is -0.524. The van der Waals surface area contributed by atoms with E-state index in [0.29, 0.717) is 10.9 Å². The maximum absolute atomic E-state index is 14.4. The molecule has 2 aromatic rings. The lowest BCUT2D eigenvalue weighted by Crippen LogP contribution is -2.23. The van der Waals surface area contributed by atoms with Crippen molar-refractivity contribution in [1.29, 1.82) is 0 Å². The lowest BCUT2D eigenvalue weighted by Gasteiger charge is -2.21. The molecule has 0 saturated carbocycles. The SMILES string of the molecule is CC(C)OC(=O)n1ccc2c(F)c(OC(C)(C)C)ccc21. The molecule has 1 aromatic carbocycles. The third kappa shape index (κ3) is 3.35. The second-order valence-electron chi connectivity index (χ2n) is 6.14. The van der Waals surface area contributed by atoms with E-state index in [9.17, 15) is 9.18 Å². The van der Waals surface area contributed by atoms with E-state index in [1.165, 1.54) is 16.8 Å². The Kier molecular flexibility index (Phi) is 3.94. The van der Waals surface area contributed by atoms with E-state index < -0.39 is 17.5 Å². The number of halogens is 1. The number of aromatic nitrogens is 1. The second-order valence-corrected chi connectivity index (χ2v) is 6.14. The maximum Gasteiger partial charge on any atom is 0.418 e. The van der Waals surface area contributed by atoms with Gasteiger partial charge in [-0.25, -0.2) is 9.18 Å². The number of benzene rings is 1. The number of nitrogens with zero attached hydrogens (tertiary/aromatic N) is 1. The number of hydrogen-bond donors (Lipinski definition) is 0. The Bertz CT molecular complexity index is 668. The Morgan fingerprint density at radius 2 is 1.90 bits per heavy atom. The topological polar surface area (TPSA) is 40.5 Å². The predicted octanol–water partition coefficient (Wildman–Crippen LogP) is 4.35. The van der Waals surface area contributed by atoms with Gasteiger partial charge in [0, 0.05) is 11.6 Å². The smallest absolute Gasteiger partial charge is 0.418 e. The summed E-state index contributed by atoms with van der Waals surface area (Å²) in [7, 11) is 0. The van der Waals surface area contributed by atoms with Gasteiger partial charge >= 0.3 is 6.09 Å². The van der Waals surface area contributed by atoms with Crippen molar-refractivity contribution in [2.45, 2.75) is 46.3 Å². The van der Waals surface area contributed by atoms with E-state index in [-0.39, 0.29) is 11.9 Å². The average Bonchev–Trinajstić information content (AvgIpc) is 2.75. The van der Waals surface area contributed by atoms with Gasteiger partial charge in [-0.2, -0.15) is 0 Å². The summed E-state index contributed by atoms with van der Waals surface area (Å²) in [5.74, 6) is -0.302. The molecule has 0 aliphatic heterocycles. The van der Waals surface area contributed by atoms with Crippen LogP contribution in [0, 0.1) is 5.82 Å². The molecule has 0 aliphatic rings. The fraction of sp³-hybridized carbons (Fsp3) is 0.438. The molecule has 0 amide bonds. The number of carbonyl (C=O) groups is 1. The van der Waals surface area contributed by atoms with Crippen LogP contribution in [0.5, 0.6) is 5.75 Å². The second kappa shape index (κ2) is 5.39. The zero-order chi connectivity index (χ0) is 15.8. The molecule has 1 aromatic heterocycles. The third-order valence-corrected chi connectivity index (χ3v) is 2.72. The zero-order valence-electron chi connectivity index (χ0n) is 12.9. The van der Waals surface area contributed by atoms with Crippen molar-refractivity contribution >= 4 is 17.0 Å². The summed E-state index contributed by atoms with van der Waals surface area (Å²) in [4.78, 5) is 11.9. The highest BCUT2D eigenvalue weighted by molar-refractivity contribution is 5.90. The maximum atomic E-state index is 14.4. The third-order valence-electron chi connectivity index (χ3n) is 2.72. The van der Waals surface area contributed by atoms with Crippen LogP contribution in [0.1, 0.15) is 34.6 Å². The summed E-state index contributed by atoms with van der Waals surface area (Å²) >= 11 is 0. The van der Waals surface area contributed by atoms with Crippen LogP contribution in [0.2, 0.25) is 0 Å². The fourth-order valence-corrected chi connectivity index (χ4v) is 1.99. The molecule has 1 heterocycles. The monoisotopic (exact) mass is 293 g/mol. The van der Waals surface area contributed by atoms with Crippen LogP contribution in [-0.2, 0) is 4.74 Å². The van der Waals surface area contributed by atoms with E-state index in [0.717, 1.165) is 0 Å². The molecular formula is C16H20FNO3. The van der Waals surface area contributed by atoms with Crippen LogP contribution in [-0.4, -0.2) is 22.4 Å². The molecule has 2 rings (SSSR count). The fourth-order valence-electron chi connectivity index (χ4n) is 1.99. The highest BCUT2D eigenvalue weighted by Gasteiger charge is 2.19. The molecule has 114 valence electrons. The molecule has 0 bridgehead atoms. The number of hydrogen-bond acceptors (Lipinski definition) is 3. The molecule has 21 heavy (non-hydrogen) atoms. The predicted molar refractivity (Wildman–Crippen MR) is 79.3 cm³/mol. The van der Waals surface area contributed by atoms with Crippen molar-refractivity contribution < 1.29 is 18.7 Å². The van der Waals surface area contributed by atoms with Gasteiger partial charge in [0.25, 0.3) is 0 Å². The molecule has 0 atom stereocenters. The molecule has 0 spiro atoms. The van der Waals surface area contributed by atoms with Crippen molar-refractivity contribution in [2.24, 2.45) is 0 Å². The summed E-state index contributed by atoms with van der Waals surface area (Å²) in [6.45, 7) is 9.07. The minimum Gasteiger partial charge on any atom is -0.485 e. The molecule has 0 unspecified atom stereocenters. The zero-order valence-corrected chi connectivity index (χ0v) is 12.9. The minimum absolute atomic E-state index is 0.171. The van der Waals surface area contributed by atoms with Gasteiger partial charge < -0.3 is 9.47 Å². The van der Waals surface area contributed by atoms with Crippen molar-refractivity contribution in [3.05, 3.63) is 30.2 Å². The van der Waals surface area contributed by atoms with Gasteiger partial charge in [-0.05, 0) is 52.8 Å². The van der Waals surface area contributed by atoms with Crippen LogP contribution in [0.15, 0.2) is 24.4 Å². The first-order valence-electron chi connectivity index (χ1n) is 6.88.